The average Bonchev–Trinajstić information content (AvgIpc) is 3.13. The highest BCUT2D eigenvalue weighted by molar-refractivity contribution is 5.94. The van der Waals surface area contributed by atoms with Gasteiger partial charge in [-0.1, -0.05) is 31.2 Å². The summed E-state index contributed by atoms with van der Waals surface area (Å²) in [5.74, 6) is 0.822. The molecule has 140 valence electrons. The van der Waals surface area contributed by atoms with Crippen molar-refractivity contribution in [3.05, 3.63) is 84.2 Å². The van der Waals surface area contributed by atoms with E-state index in [1.807, 2.05) is 54.6 Å². The molecule has 0 aliphatic carbocycles. The predicted octanol–water partition coefficient (Wildman–Crippen LogP) is 4.09. The van der Waals surface area contributed by atoms with Gasteiger partial charge < -0.3 is 9.88 Å². The van der Waals surface area contributed by atoms with Crippen molar-refractivity contribution in [3.63, 3.8) is 0 Å². The summed E-state index contributed by atoms with van der Waals surface area (Å²) in [5.41, 5.74) is 4.91. The van der Waals surface area contributed by atoms with Crippen molar-refractivity contribution in [2.45, 2.75) is 19.9 Å². The highest BCUT2D eigenvalue weighted by Gasteiger charge is 2.12. The lowest BCUT2D eigenvalue weighted by Gasteiger charge is -2.11. The summed E-state index contributed by atoms with van der Waals surface area (Å²) in [4.78, 5) is 21.3. The van der Waals surface area contributed by atoms with Crippen molar-refractivity contribution in [3.8, 4) is 11.4 Å². The quantitative estimate of drug-likeness (QED) is 0.556. The van der Waals surface area contributed by atoms with Crippen LogP contribution in [-0.2, 0) is 13.0 Å². The Morgan fingerprint density at radius 1 is 1.00 bits per heavy atom. The first-order valence-electron chi connectivity index (χ1n) is 9.49. The second kappa shape index (κ2) is 8.05. The van der Waals surface area contributed by atoms with Gasteiger partial charge in [0.25, 0.3) is 5.91 Å². The second-order valence-electron chi connectivity index (χ2n) is 6.62. The van der Waals surface area contributed by atoms with E-state index in [-0.39, 0.29) is 5.91 Å². The van der Waals surface area contributed by atoms with Crippen LogP contribution in [0.2, 0.25) is 0 Å². The molecule has 0 unspecified atom stereocenters. The Morgan fingerprint density at radius 2 is 1.75 bits per heavy atom. The molecule has 1 N–H and O–H groups in total. The van der Waals surface area contributed by atoms with Crippen molar-refractivity contribution >= 4 is 16.9 Å². The van der Waals surface area contributed by atoms with Gasteiger partial charge in [0.2, 0.25) is 0 Å². The third-order valence-corrected chi connectivity index (χ3v) is 4.84. The first-order valence-corrected chi connectivity index (χ1v) is 9.49. The number of pyridine rings is 1. The molecule has 0 spiro atoms. The van der Waals surface area contributed by atoms with Crippen molar-refractivity contribution < 1.29 is 4.79 Å². The fourth-order valence-corrected chi connectivity index (χ4v) is 3.30. The molecule has 2 aromatic heterocycles. The minimum atomic E-state index is -0.0578. The van der Waals surface area contributed by atoms with Crippen molar-refractivity contribution in [1.29, 1.82) is 0 Å². The molecule has 0 aliphatic rings. The van der Waals surface area contributed by atoms with Gasteiger partial charge >= 0.3 is 0 Å². The van der Waals surface area contributed by atoms with Crippen LogP contribution in [0.25, 0.3) is 22.4 Å². The molecule has 0 bridgehead atoms. The van der Waals surface area contributed by atoms with E-state index in [2.05, 4.69) is 27.9 Å². The smallest absolute Gasteiger partial charge is 0.251 e. The zero-order chi connectivity index (χ0) is 19.3. The predicted molar refractivity (Wildman–Crippen MR) is 111 cm³/mol. The third kappa shape index (κ3) is 3.64. The molecule has 5 heteroatoms. The maximum atomic E-state index is 12.4. The minimum Gasteiger partial charge on any atom is -0.350 e. The van der Waals surface area contributed by atoms with Crippen molar-refractivity contribution in [1.82, 2.24) is 19.9 Å². The third-order valence-electron chi connectivity index (χ3n) is 4.84. The van der Waals surface area contributed by atoms with Crippen LogP contribution in [-0.4, -0.2) is 27.0 Å². The molecule has 1 amide bonds. The Bertz CT molecular complexity index is 1080. The zero-order valence-electron chi connectivity index (χ0n) is 15.8. The summed E-state index contributed by atoms with van der Waals surface area (Å²) in [6, 6.07) is 19.7. The monoisotopic (exact) mass is 370 g/mol. The fraction of sp³-hybridized carbons (Fsp3) is 0.174. The first kappa shape index (κ1) is 17.9. The Hall–Kier alpha value is -3.47. The highest BCUT2D eigenvalue weighted by Crippen LogP contribution is 2.24. The van der Waals surface area contributed by atoms with E-state index < -0.39 is 0 Å². The van der Waals surface area contributed by atoms with Gasteiger partial charge in [-0.2, -0.15) is 0 Å². The topological polar surface area (TPSA) is 59.8 Å². The van der Waals surface area contributed by atoms with E-state index in [1.165, 1.54) is 5.56 Å². The number of para-hydroxylation sites is 2. The number of fused-ring (bicyclic) bond motifs is 1. The molecule has 0 fully saturated rings. The van der Waals surface area contributed by atoms with E-state index in [4.69, 9.17) is 4.98 Å². The van der Waals surface area contributed by atoms with E-state index >= 15 is 0 Å². The van der Waals surface area contributed by atoms with Crippen LogP contribution in [0.1, 0.15) is 22.8 Å². The van der Waals surface area contributed by atoms with Crippen LogP contribution in [0.3, 0.4) is 0 Å². The second-order valence-corrected chi connectivity index (χ2v) is 6.62. The number of aromatic nitrogens is 3. The lowest BCUT2D eigenvalue weighted by atomic mass is 10.1. The number of carbonyl (C=O) groups excluding carboxylic acids is 1. The van der Waals surface area contributed by atoms with E-state index in [9.17, 15) is 4.79 Å². The summed E-state index contributed by atoms with van der Waals surface area (Å²) >= 11 is 0. The molecule has 0 atom stereocenters. The minimum absolute atomic E-state index is 0.0578. The molecule has 0 saturated carbocycles. The van der Waals surface area contributed by atoms with E-state index in [0.717, 1.165) is 28.8 Å². The standard InChI is InChI=1S/C23H22N4O/c1-2-17-7-9-19(10-8-17)23(28)25-15-16-27-21-6-4-3-5-20(21)26-22(27)18-11-13-24-14-12-18/h3-14H,2,15-16H2,1H3,(H,25,28). The van der Waals surface area contributed by atoms with Crippen LogP contribution in [0.15, 0.2) is 73.1 Å². The highest BCUT2D eigenvalue weighted by atomic mass is 16.1. The number of imidazole rings is 1. The Labute approximate surface area is 164 Å². The van der Waals surface area contributed by atoms with Crippen molar-refractivity contribution in [2.75, 3.05) is 6.54 Å². The maximum Gasteiger partial charge on any atom is 0.251 e. The number of carbonyl (C=O) groups is 1. The number of hydrogen-bond acceptors (Lipinski definition) is 3. The summed E-state index contributed by atoms with van der Waals surface area (Å²) in [5, 5.41) is 3.02. The van der Waals surface area contributed by atoms with E-state index in [0.29, 0.717) is 18.7 Å². The number of benzene rings is 2. The number of hydrogen-bond donors (Lipinski definition) is 1. The molecule has 28 heavy (non-hydrogen) atoms. The van der Waals surface area contributed by atoms with Gasteiger partial charge in [-0.05, 0) is 48.4 Å². The average molecular weight is 370 g/mol. The summed E-state index contributed by atoms with van der Waals surface area (Å²) in [6.45, 7) is 3.26. The van der Waals surface area contributed by atoms with Crippen molar-refractivity contribution in [2.24, 2.45) is 0 Å². The van der Waals surface area contributed by atoms with Crippen LogP contribution < -0.4 is 5.32 Å². The van der Waals surface area contributed by atoms with Gasteiger partial charge in [0.1, 0.15) is 5.82 Å². The number of aryl methyl sites for hydroxylation is 1. The largest absolute Gasteiger partial charge is 0.350 e. The normalized spacial score (nSPS) is 10.9. The van der Waals surface area contributed by atoms with Crippen LogP contribution in [0.5, 0.6) is 0 Å². The maximum absolute atomic E-state index is 12.4. The lowest BCUT2D eigenvalue weighted by Crippen LogP contribution is -2.27. The molecule has 2 aromatic carbocycles. The Balaban J connectivity index is 1.53. The molecule has 4 rings (SSSR count). The van der Waals surface area contributed by atoms with Gasteiger partial charge in [0, 0.05) is 36.6 Å². The zero-order valence-corrected chi connectivity index (χ0v) is 15.8. The number of amides is 1. The number of nitrogens with one attached hydrogen (secondary N) is 1. The van der Waals surface area contributed by atoms with Crippen LogP contribution >= 0.6 is 0 Å². The summed E-state index contributed by atoms with van der Waals surface area (Å²) in [7, 11) is 0. The number of rotatable bonds is 6. The molecule has 2 heterocycles. The number of nitrogens with zero attached hydrogens (tertiary/aromatic N) is 3. The van der Waals surface area contributed by atoms with Gasteiger partial charge in [0.15, 0.2) is 0 Å². The first-order chi connectivity index (χ1) is 13.8. The summed E-state index contributed by atoms with van der Waals surface area (Å²) < 4.78 is 2.14. The van der Waals surface area contributed by atoms with Crippen LogP contribution in [0.4, 0.5) is 0 Å². The molecule has 0 aliphatic heterocycles. The van der Waals surface area contributed by atoms with Gasteiger partial charge in [-0.15, -0.1) is 0 Å². The SMILES string of the molecule is CCc1ccc(C(=O)NCCn2c(-c3ccncc3)nc3ccccc32)cc1. The molecular weight excluding hydrogens is 348 g/mol. The van der Waals surface area contributed by atoms with Crippen LogP contribution in [0, 0.1) is 0 Å². The molecule has 0 radical (unpaired) electrons. The fourth-order valence-electron chi connectivity index (χ4n) is 3.30. The van der Waals surface area contributed by atoms with Gasteiger partial charge in [0.05, 0.1) is 11.0 Å². The lowest BCUT2D eigenvalue weighted by molar-refractivity contribution is 0.0952. The molecule has 0 saturated heterocycles. The Kier molecular flexibility index (Phi) is 5.15. The van der Waals surface area contributed by atoms with Gasteiger partial charge in [-0.3, -0.25) is 9.78 Å². The van der Waals surface area contributed by atoms with Gasteiger partial charge in [-0.25, -0.2) is 4.98 Å². The molecular formula is C23H22N4O. The molecule has 4 aromatic rings. The van der Waals surface area contributed by atoms with E-state index in [1.54, 1.807) is 12.4 Å². The summed E-state index contributed by atoms with van der Waals surface area (Å²) in [6.07, 6.45) is 4.49. The Morgan fingerprint density at radius 3 is 2.50 bits per heavy atom. The molecule has 5 nitrogen and oxygen atoms in total.